The summed E-state index contributed by atoms with van der Waals surface area (Å²) < 4.78 is 1.60. The molecule has 2 aromatic rings. The fourth-order valence-corrected chi connectivity index (χ4v) is 1.25. The predicted octanol–water partition coefficient (Wildman–Crippen LogP) is 1.42. The molecule has 0 fully saturated rings. The number of hydrogen-bond donors (Lipinski definition) is 1. The molecule has 0 aliphatic carbocycles. The van der Waals surface area contributed by atoms with Crippen LogP contribution in [0.1, 0.15) is 26.5 Å². The molecular formula is C11H15N5O. The molecule has 2 rings (SSSR count). The van der Waals surface area contributed by atoms with E-state index < -0.39 is 5.41 Å². The molecule has 2 aromatic heterocycles. The quantitative estimate of drug-likeness (QED) is 0.808. The van der Waals surface area contributed by atoms with E-state index in [0.717, 1.165) is 5.69 Å². The molecule has 0 unspecified atom stereocenters. The van der Waals surface area contributed by atoms with Crippen LogP contribution in [-0.2, 0) is 4.79 Å². The number of nitrogens with one attached hydrogen (secondary N) is 1. The third-order valence-electron chi connectivity index (χ3n) is 2.34. The molecule has 0 spiro atoms. The van der Waals surface area contributed by atoms with Gasteiger partial charge in [-0.15, -0.1) is 5.10 Å². The summed E-state index contributed by atoms with van der Waals surface area (Å²) in [5.41, 5.74) is 0.443. The van der Waals surface area contributed by atoms with Crippen LogP contribution < -0.4 is 5.32 Å². The van der Waals surface area contributed by atoms with Gasteiger partial charge in [0.05, 0.1) is 0 Å². The van der Waals surface area contributed by atoms with Crippen LogP contribution in [0.5, 0.6) is 0 Å². The van der Waals surface area contributed by atoms with Crippen LogP contribution in [0.15, 0.2) is 12.3 Å². The molecule has 0 radical (unpaired) electrons. The monoisotopic (exact) mass is 233 g/mol. The van der Waals surface area contributed by atoms with Gasteiger partial charge in [0.2, 0.25) is 5.91 Å². The van der Waals surface area contributed by atoms with Crippen LogP contribution in [0.4, 0.5) is 5.95 Å². The van der Waals surface area contributed by atoms with Gasteiger partial charge in [0, 0.05) is 17.3 Å². The van der Waals surface area contributed by atoms with E-state index in [2.05, 4.69) is 20.4 Å². The first-order valence-electron chi connectivity index (χ1n) is 5.38. The van der Waals surface area contributed by atoms with Gasteiger partial charge in [-0.25, -0.2) is 4.98 Å². The SMILES string of the molecule is Cc1ccnc2nc(NC(=O)C(C)(C)C)nn12. The first-order chi connectivity index (χ1) is 7.88. The minimum atomic E-state index is -0.472. The molecule has 1 N–H and O–H groups in total. The van der Waals surface area contributed by atoms with Crippen molar-refractivity contribution in [3.05, 3.63) is 18.0 Å². The highest BCUT2D eigenvalue weighted by Gasteiger charge is 2.22. The highest BCUT2D eigenvalue weighted by molar-refractivity contribution is 5.93. The number of rotatable bonds is 1. The Hall–Kier alpha value is -1.98. The van der Waals surface area contributed by atoms with Crippen LogP contribution in [0.2, 0.25) is 0 Å². The molecule has 0 atom stereocenters. The standard InChI is InChI=1S/C11H15N5O/c1-7-5-6-12-10-14-9(15-16(7)10)13-8(17)11(2,3)4/h5-6H,1-4H3,(H,13,15,17). The van der Waals surface area contributed by atoms with Crippen LogP contribution in [0.3, 0.4) is 0 Å². The zero-order chi connectivity index (χ0) is 12.6. The van der Waals surface area contributed by atoms with E-state index in [4.69, 9.17) is 0 Å². The molecule has 17 heavy (non-hydrogen) atoms. The van der Waals surface area contributed by atoms with E-state index in [1.165, 1.54) is 0 Å². The third-order valence-corrected chi connectivity index (χ3v) is 2.34. The molecule has 90 valence electrons. The van der Waals surface area contributed by atoms with E-state index in [1.807, 2.05) is 33.8 Å². The number of amides is 1. The summed E-state index contributed by atoms with van der Waals surface area (Å²) in [6.07, 6.45) is 1.66. The van der Waals surface area contributed by atoms with Crippen molar-refractivity contribution in [3.8, 4) is 0 Å². The largest absolute Gasteiger partial charge is 0.293 e. The summed E-state index contributed by atoms with van der Waals surface area (Å²) in [6.45, 7) is 7.41. The lowest BCUT2D eigenvalue weighted by Gasteiger charge is -2.15. The Morgan fingerprint density at radius 2 is 2.12 bits per heavy atom. The van der Waals surface area contributed by atoms with Gasteiger partial charge in [-0.3, -0.25) is 10.1 Å². The van der Waals surface area contributed by atoms with Gasteiger partial charge in [0.1, 0.15) is 0 Å². The number of carbonyl (C=O) groups is 1. The zero-order valence-electron chi connectivity index (χ0n) is 10.4. The van der Waals surface area contributed by atoms with Gasteiger partial charge >= 0.3 is 0 Å². The fourth-order valence-electron chi connectivity index (χ4n) is 1.25. The highest BCUT2D eigenvalue weighted by atomic mass is 16.2. The molecule has 6 heteroatoms. The summed E-state index contributed by atoms with van der Waals surface area (Å²) in [5.74, 6) is 0.645. The Balaban J connectivity index is 2.32. The van der Waals surface area contributed by atoms with Crippen LogP contribution in [-0.4, -0.2) is 25.5 Å². The van der Waals surface area contributed by atoms with Crippen LogP contribution in [0.25, 0.3) is 5.78 Å². The van der Waals surface area contributed by atoms with Crippen molar-refractivity contribution in [2.75, 3.05) is 5.32 Å². The van der Waals surface area contributed by atoms with E-state index in [-0.39, 0.29) is 11.9 Å². The molecule has 0 saturated carbocycles. The van der Waals surface area contributed by atoms with Gasteiger partial charge in [-0.1, -0.05) is 20.8 Å². The molecule has 0 bridgehead atoms. The number of hydrogen-bond acceptors (Lipinski definition) is 4. The Morgan fingerprint density at radius 3 is 2.71 bits per heavy atom. The van der Waals surface area contributed by atoms with Crippen molar-refractivity contribution < 1.29 is 4.79 Å². The minimum Gasteiger partial charge on any atom is -0.293 e. The summed E-state index contributed by atoms with van der Waals surface area (Å²) in [7, 11) is 0. The van der Waals surface area contributed by atoms with Gasteiger partial charge in [-0.2, -0.15) is 9.50 Å². The first-order valence-corrected chi connectivity index (χ1v) is 5.38. The average molecular weight is 233 g/mol. The highest BCUT2D eigenvalue weighted by Crippen LogP contribution is 2.15. The van der Waals surface area contributed by atoms with Crippen molar-refractivity contribution in [1.82, 2.24) is 19.6 Å². The average Bonchev–Trinajstić information content (AvgIpc) is 2.60. The smallest absolute Gasteiger partial charge is 0.254 e. The van der Waals surface area contributed by atoms with E-state index >= 15 is 0 Å². The van der Waals surface area contributed by atoms with Crippen LogP contribution >= 0.6 is 0 Å². The van der Waals surface area contributed by atoms with E-state index in [0.29, 0.717) is 5.78 Å². The van der Waals surface area contributed by atoms with Gasteiger partial charge in [0.25, 0.3) is 11.7 Å². The van der Waals surface area contributed by atoms with E-state index in [1.54, 1.807) is 10.7 Å². The number of nitrogens with zero attached hydrogens (tertiary/aromatic N) is 4. The summed E-state index contributed by atoms with van der Waals surface area (Å²) in [6, 6.07) is 1.83. The normalized spacial score (nSPS) is 11.8. The Morgan fingerprint density at radius 1 is 1.41 bits per heavy atom. The summed E-state index contributed by atoms with van der Waals surface area (Å²) in [4.78, 5) is 20.0. The van der Waals surface area contributed by atoms with Gasteiger partial charge < -0.3 is 0 Å². The molecule has 0 aliphatic rings. The lowest BCUT2D eigenvalue weighted by atomic mass is 9.96. The number of aromatic nitrogens is 4. The van der Waals surface area contributed by atoms with Crippen molar-refractivity contribution >= 4 is 17.6 Å². The predicted molar refractivity (Wildman–Crippen MR) is 63.6 cm³/mol. The van der Waals surface area contributed by atoms with Crippen molar-refractivity contribution in [2.24, 2.45) is 5.41 Å². The van der Waals surface area contributed by atoms with Crippen molar-refractivity contribution in [3.63, 3.8) is 0 Å². The second kappa shape index (κ2) is 3.80. The van der Waals surface area contributed by atoms with Crippen molar-refractivity contribution in [2.45, 2.75) is 27.7 Å². The molecule has 0 aromatic carbocycles. The first kappa shape index (κ1) is 11.5. The van der Waals surface area contributed by atoms with Crippen LogP contribution in [0, 0.1) is 12.3 Å². The molecule has 6 nitrogen and oxygen atoms in total. The maximum atomic E-state index is 11.8. The van der Waals surface area contributed by atoms with E-state index in [9.17, 15) is 4.79 Å². The van der Waals surface area contributed by atoms with Gasteiger partial charge in [-0.05, 0) is 13.0 Å². The second-order valence-electron chi connectivity index (χ2n) is 4.94. The molecule has 0 aliphatic heterocycles. The maximum Gasteiger partial charge on any atom is 0.254 e. The van der Waals surface area contributed by atoms with Gasteiger partial charge in [0.15, 0.2) is 0 Å². The Kier molecular flexibility index (Phi) is 2.57. The zero-order valence-corrected chi connectivity index (χ0v) is 10.4. The minimum absolute atomic E-state index is 0.119. The maximum absolute atomic E-state index is 11.8. The topological polar surface area (TPSA) is 72.2 Å². The third kappa shape index (κ3) is 2.25. The molecule has 0 saturated heterocycles. The lowest BCUT2D eigenvalue weighted by molar-refractivity contribution is -0.123. The van der Waals surface area contributed by atoms with Crippen molar-refractivity contribution in [1.29, 1.82) is 0 Å². The Bertz CT molecular complexity index is 567. The number of anilines is 1. The number of fused-ring (bicyclic) bond motifs is 1. The molecule has 2 heterocycles. The summed E-state index contributed by atoms with van der Waals surface area (Å²) >= 11 is 0. The second-order valence-corrected chi connectivity index (χ2v) is 4.94. The lowest BCUT2D eigenvalue weighted by Crippen LogP contribution is -2.28. The number of aryl methyl sites for hydroxylation is 1. The number of carbonyl (C=O) groups excluding carboxylic acids is 1. The molecule has 1 amide bonds. The Labute approximate surface area is 99.1 Å². The summed E-state index contributed by atoms with van der Waals surface area (Å²) in [5, 5.41) is 6.85. The molecular weight excluding hydrogens is 218 g/mol. The fraction of sp³-hybridized carbons (Fsp3) is 0.455.